The van der Waals surface area contributed by atoms with E-state index in [9.17, 15) is 0 Å². The van der Waals surface area contributed by atoms with Gasteiger partial charge in [-0.3, -0.25) is 0 Å². The number of pyridine rings is 1. The molecule has 2 saturated carbocycles. The van der Waals surface area contributed by atoms with Crippen LogP contribution in [0.1, 0.15) is 25.7 Å². The standard InChI is InChI=1S/C13H17Cl2N3/c1-16-12-10(14)6-11(15)13(17-12)18(9-4-5-9)7-8-2-3-8/h6,8-9H,2-5,7H2,1H3,(H,16,17). The van der Waals surface area contributed by atoms with E-state index in [1.54, 1.807) is 6.07 Å². The van der Waals surface area contributed by atoms with Crippen LogP contribution in [0.4, 0.5) is 11.6 Å². The Morgan fingerprint density at radius 1 is 1.28 bits per heavy atom. The second-order valence-corrected chi connectivity index (χ2v) is 6.02. The fourth-order valence-electron chi connectivity index (χ4n) is 2.21. The van der Waals surface area contributed by atoms with Gasteiger partial charge in [0, 0.05) is 19.6 Å². The highest BCUT2D eigenvalue weighted by molar-refractivity contribution is 6.37. The van der Waals surface area contributed by atoms with Crippen LogP contribution in [-0.4, -0.2) is 24.6 Å². The van der Waals surface area contributed by atoms with E-state index in [-0.39, 0.29) is 0 Å². The molecule has 0 aliphatic heterocycles. The van der Waals surface area contributed by atoms with E-state index >= 15 is 0 Å². The van der Waals surface area contributed by atoms with Gasteiger partial charge in [0.2, 0.25) is 0 Å². The van der Waals surface area contributed by atoms with Gasteiger partial charge in [-0.1, -0.05) is 23.2 Å². The molecule has 1 aromatic rings. The van der Waals surface area contributed by atoms with Crippen LogP contribution in [0.2, 0.25) is 10.0 Å². The number of hydrogen-bond acceptors (Lipinski definition) is 3. The summed E-state index contributed by atoms with van der Waals surface area (Å²) >= 11 is 12.4. The zero-order chi connectivity index (χ0) is 12.7. The first-order valence-corrected chi connectivity index (χ1v) is 7.25. The Morgan fingerprint density at radius 2 is 2.00 bits per heavy atom. The number of halogens is 2. The highest BCUT2D eigenvalue weighted by atomic mass is 35.5. The summed E-state index contributed by atoms with van der Waals surface area (Å²) in [7, 11) is 1.83. The highest BCUT2D eigenvalue weighted by Gasteiger charge is 2.35. The first kappa shape index (κ1) is 12.4. The predicted octanol–water partition coefficient (Wildman–Crippen LogP) is 3.81. The molecule has 3 rings (SSSR count). The van der Waals surface area contributed by atoms with Gasteiger partial charge in [-0.2, -0.15) is 0 Å². The van der Waals surface area contributed by atoms with Gasteiger partial charge in [0.15, 0.2) is 0 Å². The second kappa shape index (κ2) is 4.78. The lowest BCUT2D eigenvalue weighted by atomic mass is 10.3. The summed E-state index contributed by atoms with van der Waals surface area (Å²) in [6, 6.07) is 2.42. The Bertz CT molecular complexity index is 456. The molecule has 0 saturated heterocycles. The molecule has 3 nitrogen and oxygen atoms in total. The molecule has 1 aromatic heterocycles. The van der Waals surface area contributed by atoms with Crippen molar-refractivity contribution in [2.75, 3.05) is 23.8 Å². The third kappa shape index (κ3) is 2.52. The van der Waals surface area contributed by atoms with Gasteiger partial charge in [0.05, 0.1) is 10.0 Å². The third-order valence-electron chi connectivity index (χ3n) is 3.56. The quantitative estimate of drug-likeness (QED) is 0.892. The van der Waals surface area contributed by atoms with Gasteiger partial charge in [0.25, 0.3) is 0 Å². The number of nitrogens with one attached hydrogen (secondary N) is 1. The number of aromatic nitrogens is 1. The van der Waals surface area contributed by atoms with E-state index in [1.807, 2.05) is 7.05 Å². The van der Waals surface area contributed by atoms with Crippen molar-refractivity contribution in [2.45, 2.75) is 31.7 Å². The maximum atomic E-state index is 6.31. The van der Waals surface area contributed by atoms with Crippen molar-refractivity contribution >= 4 is 34.8 Å². The minimum Gasteiger partial charge on any atom is -0.372 e. The van der Waals surface area contributed by atoms with Crippen LogP contribution in [0, 0.1) is 5.92 Å². The normalized spacial score (nSPS) is 18.8. The Hall–Kier alpha value is -0.670. The predicted molar refractivity (Wildman–Crippen MR) is 76.9 cm³/mol. The Balaban J connectivity index is 1.91. The van der Waals surface area contributed by atoms with Crippen LogP contribution in [-0.2, 0) is 0 Å². The molecule has 1 N–H and O–H groups in total. The molecule has 0 radical (unpaired) electrons. The lowest BCUT2D eigenvalue weighted by molar-refractivity contribution is 0.709. The van der Waals surface area contributed by atoms with Gasteiger partial charge in [-0.15, -0.1) is 0 Å². The Labute approximate surface area is 117 Å². The van der Waals surface area contributed by atoms with Crippen molar-refractivity contribution in [1.82, 2.24) is 4.98 Å². The Morgan fingerprint density at radius 3 is 2.56 bits per heavy atom. The van der Waals surface area contributed by atoms with Gasteiger partial charge in [-0.25, -0.2) is 4.98 Å². The monoisotopic (exact) mass is 285 g/mol. The van der Waals surface area contributed by atoms with E-state index in [1.165, 1.54) is 25.7 Å². The lowest BCUT2D eigenvalue weighted by Crippen LogP contribution is -2.29. The van der Waals surface area contributed by atoms with Gasteiger partial charge in [-0.05, 0) is 37.7 Å². The van der Waals surface area contributed by atoms with Gasteiger partial charge < -0.3 is 10.2 Å². The molecule has 0 spiro atoms. The number of hydrogen-bond donors (Lipinski definition) is 1. The van der Waals surface area contributed by atoms with Crippen molar-refractivity contribution in [1.29, 1.82) is 0 Å². The summed E-state index contributed by atoms with van der Waals surface area (Å²) in [4.78, 5) is 6.96. The van der Waals surface area contributed by atoms with Crippen molar-refractivity contribution in [3.8, 4) is 0 Å². The van der Waals surface area contributed by atoms with E-state index in [2.05, 4.69) is 15.2 Å². The van der Waals surface area contributed by atoms with Crippen LogP contribution in [0.3, 0.4) is 0 Å². The van der Waals surface area contributed by atoms with E-state index in [0.717, 1.165) is 18.3 Å². The molecule has 5 heteroatoms. The van der Waals surface area contributed by atoms with Crippen LogP contribution >= 0.6 is 23.2 Å². The molecule has 1 heterocycles. The molecule has 18 heavy (non-hydrogen) atoms. The van der Waals surface area contributed by atoms with Crippen molar-refractivity contribution in [3.63, 3.8) is 0 Å². The molecular formula is C13H17Cl2N3. The molecule has 0 unspecified atom stereocenters. The summed E-state index contributed by atoms with van der Waals surface area (Å²) in [5.74, 6) is 2.43. The summed E-state index contributed by atoms with van der Waals surface area (Å²) < 4.78 is 0. The van der Waals surface area contributed by atoms with Crippen LogP contribution in [0.15, 0.2) is 6.07 Å². The highest BCUT2D eigenvalue weighted by Crippen LogP contribution is 2.40. The maximum Gasteiger partial charge on any atom is 0.150 e. The zero-order valence-corrected chi connectivity index (χ0v) is 11.9. The maximum absolute atomic E-state index is 6.31. The molecule has 0 amide bonds. The summed E-state index contributed by atoms with van der Waals surface area (Å²) in [6.45, 7) is 1.09. The summed E-state index contributed by atoms with van der Waals surface area (Å²) in [5, 5.41) is 4.25. The largest absolute Gasteiger partial charge is 0.372 e. The topological polar surface area (TPSA) is 28.2 Å². The summed E-state index contributed by atoms with van der Waals surface area (Å²) in [6.07, 6.45) is 5.19. The number of anilines is 2. The average molecular weight is 286 g/mol. The zero-order valence-electron chi connectivity index (χ0n) is 10.4. The minimum atomic E-state index is 0.577. The first-order valence-electron chi connectivity index (χ1n) is 6.49. The smallest absolute Gasteiger partial charge is 0.150 e. The van der Waals surface area contributed by atoms with Gasteiger partial charge >= 0.3 is 0 Å². The minimum absolute atomic E-state index is 0.577. The molecule has 2 aliphatic rings. The fraction of sp³-hybridized carbons (Fsp3) is 0.615. The molecule has 2 fully saturated rings. The molecule has 0 aromatic carbocycles. The Kier molecular flexibility index (Phi) is 3.29. The van der Waals surface area contributed by atoms with Crippen LogP contribution in [0.25, 0.3) is 0 Å². The fourth-order valence-corrected chi connectivity index (χ4v) is 2.77. The van der Waals surface area contributed by atoms with E-state index in [0.29, 0.717) is 21.9 Å². The SMILES string of the molecule is CNc1nc(N(CC2CC2)C2CC2)c(Cl)cc1Cl. The molecular weight excluding hydrogens is 269 g/mol. The number of nitrogens with zero attached hydrogens (tertiary/aromatic N) is 2. The van der Waals surface area contributed by atoms with Crippen molar-refractivity contribution in [3.05, 3.63) is 16.1 Å². The van der Waals surface area contributed by atoms with Crippen LogP contribution in [0.5, 0.6) is 0 Å². The van der Waals surface area contributed by atoms with Crippen LogP contribution < -0.4 is 10.2 Å². The van der Waals surface area contributed by atoms with Gasteiger partial charge in [0.1, 0.15) is 11.6 Å². The average Bonchev–Trinajstić information content (AvgIpc) is 3.20. The van der Waals surface area contributed by atoms with Crippen molar-refractivity contribution < 1.29 is 0 Å². The van der Waals surface area contributed by atoms with Crippen molar-refractivity contribution in [2.24, 2.45) is 5.92 Å². The molecule has 98 valence electrons. The molecule has 0 bridgehead atoms. The summed E-state index contributed by atoms with van der Waals surface area (Å²) in [5.41, 5.74) is 0. The molecule has 2 aliphatic carbocycles. The van der Waals surface area contributed by atoms with E-state index < -0.39 is 0 Å². The molecule has 0 atom stereocenters. The van der Waals surface area contributed by atoms with E-state index in [4.69, 9.17) is 23.2 Å². The lowest BCUT2D eigenvalue weighted by Gasteiger charge is -2.25. The third-order valence-corrected chi connectivity index (χ3v) is 4.13. The first-order chi connectivity index (χ1) is 8.69. The second-order valence-electron chi connectivity index (χ2n) is 5.20. The number of rotatable bonds is 5.